The van der Waals surface area contributed by atoms with Crippen LogP contribution in [-0.4, -0.2) is 16.3 Å². The molecule has 4 nitrogen and oxygen atoms in total. The molecule has 0 saturated heterocycles. The summed E-state index contributed by atoms with van der Waals surface area (Å²) in [5, 5.41) is 3.18. The van der Waals surface area contributed by atoms with Crippen LogP contribution in [0.25, 0.3) is 0 Å². The zero-order valence-corrected chi connectivity index (χ0v) is 7.51. The third kappa shape index (κ3) is 2.99. The van der Waals surface area contributed by atoms with E-state index in [1.165, 1.54) is 0 Å². The molecule has 0 spiro atoms. The minimum atomic E-state index is -4.32. The van der Waals surface area contributed by atoms with E-state index in [9.17, 15) is 13.2 Å². The first-order valence-corrected chi connectivity index (χ1v) is 4.07. The van der Waals surface area contributed by atoms with E-state index >= 15 is 0 Å². The molecule has 0 aromatic carbocycles. The fourth-order valence-electron chi connectivity index (χ4n) is 0.844. The highest BCUT2D eigenvalue weighted by atomic mass is 19.4. The molecular formula is C7H10F3N3O. The first-order chi connectivity index (χ1) is 6.42. The lowest BCUT2D eigenvalue weighted by Gasteiger charge is -2.01. The molecule has 1 heterocycles. The van der Waals surface area contributed by atoms with Gasteiger partial charge < -0.3 is 10.3 Å². The first kappa shape index (κ1) is 11.0. The van der Waals surface area contributed by atoms with Gasteiger partial charge in [-0.3, -0.25) is 0 Å². The van der Waals surface area contributed by atoms with E-state index in [1.807, 2.05) is 0 Å². The van der Waals surface area contributed by atoms with Gasteiger partial charge in [0.1, 0.15) is 6.42 Å². The van der Waals surface area contributed by atoms with E-state index in [-0.39, 0.29) is 11.7 Å². The van der Waals surface area contributed by atoms with E-state index in [1.54, 1.807) is 6.92 Å². The van der Waals surface area contributed by atoms with Crippen LogP contribution in [0.2, 0.25) is 0 Å². The number of nitrogens with two attached hydrogens (primary N) is 1. The van der Waals surface area contributed by atoms with Crippen LogP contribution in [0.4, 0.5) is 13.2 Å². The summed E-state index contributed by atoms with van der Waals surface area (Å²) in [5.41, 5.74) is 5.49. The number of hydrogen-bond donors (Lipinski definition) is 1. The van der Waals surface area contributed by atoms with Gasteiger partial charge >= 0.3 is 6.18 Å². The second kappa shape index (κ2) is 3.95. The van der Waals surface area contributed by atoms with Gasteiger partial charge in [-0.1, -0.05) is 12.1 Å². The smallest absolute Gasteiger partial charge is 0.338 e. The average molecular weight is 209 g/mol. The molecule has 2 N–H and O–H groups in total. The summed E-state index contributed by atoms with van der Waals surface area (Å²) >= 11 is 0. The molecule has 14 heavy (non-hydrogen) atoms. The lowest BCUT2D eigenvalue weighted by Crippen LogP contribution is -2.13. The SMILES string of the molecule is CC[C@H](N)c1nc(CC(F)(F)F)no1. The molecule has 0 aliphatic rings. The van der Waals surface area contributed by atoms with Crippen LogP contribution in [-0.2, 0) is 6.42 Å². The summed E-state index contributed by atoms with van der Waals surface area (Å²) in [4.78, 5) is 3.54. The van der Waals surface area contributed by atoms with Crippen LogP contribution in [0, 0.1) is 0 Å². The zero-order chi connectivity index (χ0) is 10.8. The zero-order valence-electron chi connectivity index (χ0n) is 7.51. The van der Waals surface area contributed by atoms with Crippen LogP contribution in [0.15, 0.2) is 4.52 Å². The van der Waals surface area contributed by atoms with Crippen molar-refractivity contribution in [3.8, 4) is 0 Å². The molecule has 0 amide bonds. The Hall–Kier alpha value is -1.11. The molecule has 80 valence electrons. The van der Waals surface area contributed by atoms with E-state index < -0.39 is 18.6 Å². The maximum Gasteiger partial charge on any atom is 0.396 e. The second-order valence-electron chi connectivity index (χ2n) is 2.86. The monoisotopic (exact) mass is 209 g/mol. The minimum absolute atomic E-state index is 0.0479. The van der Waals surface area contributed by atoms with Gasteiger partial charge in [0.25, 0.3) is 0 Å². The lowest BCUT2D eigenvalue weighted by atomic mass is 10.2. The molecule has 0 aliphatic carbocycles. The number of aromatic nitrogens is 2. The Morgan fingerprint density at radius 2 is 2.14 bits per heavy atom. The average Bonchev–Trinajstić information content (AvgIpc) is 2.48. The van der Waals surface area contributed by atoms with Gasteiger partial charge in [0.15, 0.2) is 5.82 Å². The van der Waals surface area contributed by atoms with Crippen molar-refractivity contribution < 1.29 is 17.7 Å². The van der Waals surface area contributed by atoms with E-state index in [4.69, 9.17) is 5.73 Å². The van der Waals surface area contributed by atoms with Crippen LogP contribution in [0.1, 0.15) is 31.1 Å². The topological polar surface area (TPSA) is 64.9 Å². The van der Waals surface area contributed by atoms with Crippen molar-refractivity contribution in [3.05, 3.63) is 11.7 Å². The Morgan fingerprint density at radius 3 is 2.64 bits per heavy atom. The van der Waals surface area contributed by atoms with Gasteiger partial charge in [-0.25, -0.2) is 0 Å². The molecule has 0 radical (unpaired) electrons. The number of hydrogen-bond acceptors (Lipinski definition) is 4. The summed E-state index contributed by atoms with van der Waals surface area (Å²) in [6.45, 7) is 1.78. The summed E-state index contributed by atoms with van der Waals surface area (Å²) in [6.07, 6.45) is -4.97. The van der Waals surface area contributed by atoms with Gasteiger partial charge in [-0.05, 0) is 6.42 Å². The Kier molecular flexibility index (Phi) is 3.10. The molecule has 0 aliphatic heterocycles. The number of nitrogens with zero attached hydrogens (tertiary/aromatic N) is 2. The van der Waals surface area contributed by atoms with E-state index in [0.29, 0.717) is 6.42 Å². The molecule has 0 bridgehead atoms. The largest absolute Gasteiger partial charge is 0.396 e. The second-order valence-corrected chi connectivity index (χ2v) is 2.86. The third-order valence-electron chi connectivity index (χ3n) is 1.60. The van der Waals surface area contributed by atoms with Gasteiger partial charge in [0.05, 0.1) is 6.04 Å². The van der Waals surface area contributed by atoms with Crippen LogP contribution in [0.3, 0.4) is 0 Å². The maximum atomic E-state index is 11.9. The van der Waals surface area contributed by atoms with Crippen molar-refractivity contribution in [2.45, 2.75) is 32.0 Å². The van der Waals surface area contributed by atoms with Crippen molar-refractivity contribution in [2.75, 3.05) is 0 Å². The predicted octanol–water partition coefficient (Wildman–Crippen LogP) is 1.58. The molecule has 1 rings (SSSR count). The Balaban J connectivity index is 2.69. The quantitative estimate of drug-likeness (QED) is 0.820. The highest BCUT2D eigenvalue weighted by Gasteiger charge is 2.30. The predicted molar refractivity (Wildman–Crippen MR) is 41.3 cm³/mol. The molecular weight excluding hydrogens is 199 g/mol. The van der Waals surface area contributed by atoms with Gasteiger partial charge in [-0.15, -0.1) is 0 Å². The van der Waals surface area contributed by atoms with Crippen LogP contribution < -0.4 is 5.73 Å². The highest BCUT2D eigenvalue weighted by molar-refractivity contribution is 4.92. The van der Waals surface area contributed by atoms with Crippen molar-refractivity contribution in [1.82, 2.24) is 10.1 Å². The molecule has 1 atom stereocenters. The molecule has 1 aromatic heterocycles. The van der Waals surface area contributed by atoms with Crippen LogP contribution >= 0.6 is 0 Å². The number of alkyl halides is 3. The number of rotatable bonds is 3. The van der Waals surface area contributed by atoms with Crippen molar-refractivity contribution in [1.29, 1.82) is 0 Å². The summed E-state index contributed by atoms with van der Waals surface area (Å²) < 4.78 is 40.2. The molecule has 0 fully saturated rings. The third-order valence-corrected chi connectivity index (χ3v) is 1.60. The van der Waals surface area contributed by atoms with Crippen molar-refractivity contribution in [2.24, 2.45) is 5.73 Å². The minimum Gasteiger partial charge on any atom is -0.338 e. The first-order valence-electron chi connectivity index (χ1n) is 4.07. The summed E-state index contributed by atoms with van der Waals surface area (Å²) in [7, 11) is 0. The van der Waals surface area contributed by atoms with Crippen LogP contribution in [0.5, 0.6) is 0 Å². The molecule has 0 unspecified atom stereocenters. The Morgan fingerprint density at radius 1 is 1.50 bits per heavy atom. The summed E-state index contributed by atoms with van der Waals surface area (Å²) in [5.74, 6) is -0.330. The fraction of sp³-hybridized carbons (Fsp3) is 0.714. The van der Waals surface area contributed by atoms with Gasteiger partial charge in [0.2, 0.25) is 5.89 Å². The van der Waals surface area contributed by atoms with E-state index in [2.05, 4.69) is 14.7 Å². The van der Waals surface area contributed by atoms with Crippen molar-refractivity contribution in [3.63, 3.8) is 0 Å². The Bertz CT molecular complexity index is 297. The fourth-order valence-corrected chi connectivity index (χ4v) is 0.844. The Labute approximate surface area is 78.3 Å². The summed E-state index contributed by atoms with van der Waals surface area (Å²) in [6, 6.07) is -0.496. The molecule has 7 heteroatoms. The highest BCUT2D eigenvalue weighted by Crippen LogP contribution is 2.20. The van der Waals surface area contributed by atoms with Gasteiger partial charge in [0, 0.05) is 0 Å². The maximum absolute atomic E-state index is 11.9. The standard InChI is InChI=1S/C7H10F3N3O/c1-2-4(11)6-12-5(13-14-6)3-7(8,9)10/h4H,2-3,11H2,1H3/t4-/m0/s1. The molecule has 1 aromatic rings. The molecule has 0 saturated carbocycles. The van der Waals surface area contributed by atoms with Crippen molar-refractivity contribution >= 4 is 0 Å². The lowest BCUT2D eigenvalue weighted by molar-refractivity contribution is -0.128. The van der Waals surface area contributed by atoms with E-state index in [0.717, 1.165) is 0 Å². The van der Waals surface area contributed by atoms with Gasteiger partial charge in [-0.2, -0.15) is 18.2 Å². The number of halogens is 3. The normalized spacial score (nSPS) is 14.4.